The maximum atomic E-state index is 6.16. The van der Waals surface area contributed by atoms with E-state index in [1.165, 1.54) is 12.0 Å². The zero-order valence-electron chi connectivity index (χ0n) is 18.0. The number of aromatic nitrogens is 3. The molecule has 1 aliphatic heterocycles. The molecule has 0 fully saturated rings. The summed E-state index contributed by atoms with van der Waals surface area (Å²) in [5, 5.41) is 9.43. The number of fused-ring (bicyclic) bond motifs is 3. The van der Waals surface area contributed by atoms with Crippen molar-refractivity contribution in [3.05, 3.63) is 82.0 Å². The Hall–Kier alpha value is -2.94. The first kappa shape index (κ1) is 22.3. The van der Waals surface area contributed by atoms with Crippen molar-refractivity contribution in [2.24, 2.45) is 15.7 Å². The Morgan fingerprint density at radius 2 is 2.03 bits per heavy atom. The first-order chi connectivity index (χ1) is 15.6. The van der Waals surface area contributed by atoms with Gasteiger partial charge in [-0.3, -0.25) is 14.6 Å². The average molecular weight is 467 g/mol. The van der Waals surface area contributed by atoms with Gasteiger partial charge in [-0.25, -0.2) is 0 Å². The van der Waals surface area contributed by atoms with Gasteiger partial charge in [0.25, 0.3) is 0 Å². The Kier molecular flexibility index (Phi) is 6.74. The molecule has 4 rings (SSSR count). The molecule has 3 aromatic rings. The van der Waals surface area contributed by atoms with E-state index in [9.17, 15) is 0 Å². The molecular weight excluding hydrogens is 444 g/mol. The van der Waals surface area contributed by atoms with Gasteiger partial charge in [-0.15, -0.1) is 10.2 Å². The van der Waals surface area contributed by atoms with E-state index in [0.717, 1.165) is 45.3 Å². The molecule has 0 saturated carbocycles. The number of halogens is 1. The minimum atomic E-state index is -0.327. The van der Waals surface area contributed by atoms with Crippen LogP contribution in [-0.4, -0.2) is 46.6 Å². The van der Waals surface area contributed by atoms with E-state index in [1.807, 2.05) is 54.1 Å². The molecule has 2 aromatic carbocycles. The molecule has 9 heteroatoms. The van der Waals surface area contributed by atoms with Crippen LogP contribution in [0.1, 0.15) is 34.4 Å². The van der Waals surface area contributed by atoms with Crippen LogP contribution in [0, 0.1) is 6.92 Å². The Balaban J connectivity index is 2.00. The predicted molar refractivity (Wildman–Crippen MR) is 132 cm³/mol. The third-order valence-electron chi connectivity index (χ3n) is 5.17. The molecule has 2 heterocycles. The van der Waals surface area contributed by atoms with Crippen LogP contribution in [0.25, 0.3) is 11.3 Å². The minimum absolute atomic E-state index is 0.327. The lowest BCUT2D eigenvalue weighted by Crippen LogP contribution is -2.10. The highest BCUT2D eigenvalue weighted by molar-refractivity contribution is 7.93. The number of nitrogens with two attached hydrogens (primary N) is 1. The van der Waals surface area contributed by atoms with Gasteiger partial charge in [0.15, 0.2) is 5.82 Å². The fourth-order valence-corrected chi connectivity index (χ4v) is 4.10. The zero-order valence-corrected chi connectivity index (χ0v) is 19.6. The summed E-state index contributed by atoms with van der Waals surface area (Å²) in [6, 6.07) is 13.5. The second-order valence-corrected chi connectivity index (χ2v) is 8.14. The summed E-state index contributed by atoms with van der Waals surface area (Å²) in [6.07, 6.45) is 5.17. The first-order valence-corrected chi connectivity index (χ1v) is 11.5. The molecule has 0 unspecified atom stereocenters. The van der Waals surface area contributed by atoms with Crippen LogP contribution in [0.5, 0.6) is 0 Å². The van der Waals surface area contributed by atoms with Gasteiger partial charge in [0.05, 0.1) is 18.0 Å². The van der Waals surface area contributed by atoms with E-state index in [0.29, 0.717) is 11.6 Å². The Labute approximate surface area is 196 Å². The summed E-state index contributed by atoms with van der Waals surface area (Å²) in [5.74, 6) is 1.51. The maximum absolute atomic E-state index is 6.16. The van der Waals surface area contributed by atoms with E-state index >= 15 is 0 Å². The highest BCUT2D eigenvalue weighted by Crippen LogP contribution is 2.33. The summed E-state index contributed by atoms with van der Waals surface area (Å²) in [7, 11) is 1.72. The summed E-state index contributed by atoms with van der Waals surface area (Å²) >= 11 is 7.46. The van der Waals surface area contributed by atoms with E-state index in [2.05, 4.69) is 21.3 Å². The molecule has 0 saturated heterocycles. The molecule has 1 aliphatic rings. The number of nitrogens with zero attached hydrogens (tertiary/aromatic N) is 5. The molecule has 1 aromatic heterocycles. The fourth-order valence-electron chi connectivity index (χ4n) is 3.71. The minimum Gasteiger partial charge on any atom is -0.404 e. The van der Waals surface area contributed by atoms with Gasteiger partial charge in [0, 0.05) is 47.4 Å². The molecule has 0 bridgehead atoms. The molecule has 0 aliphatic carbocycles. The molecule has 0 radical (unpaired) electrons. The largest absolute Gasteiger partial charge is 0.404 e. The van der Waals surface area contributed by atoms with Crippen LogP contribution in [0.4, 0.5) is 0 Å². The summed E-state index contributed by atoms with van der Waals surface area (Å²) < 4.78 is 7.71. The van der Waals surface area contributed by atoms with Crippen molar-refractivity contribution in [3.8, 4) is 5.69 Å². The zero-order chi connectivity index (χ0) is 22.7. The lowest BCUT2D eigenvalue weighted by atomic mass is 9.96. The Bertz CT molecular complexity index is 1220. The van der Waals surface area contributed by atoms with Crippen molar-refractivity contribution in [1.82, 2.24) is 14.8 Å². The van der Waals surface area contributed by atoms with E-state index in [4.69, 9.17) is 26.5 Å². The quantitative estimate of drug-likeness (QED) is 0.429. The number of aryl methyl sites for hydroxylation is 1. The van der Waals surface area contributed by atoms with E-state index in [-0.39, 0.29) is 6.04 Å². The van der Waals surface area contributed by atoms with Gasteiger partial charge in [-0.05, 0) is 48.8 Å². The van der Waals surface area contributed by atoms with Gasteiger partial charge >= 0.3 is 0 Å². The van der Waals surface area contributed by atoms with Crippen LogP contribution in [0.3, 0.4) is 0 Å². The molecule has 2 N–H and O–H groups in total. The van der Waals surface area contributed by atoms with Crippen molar-refractivity contribution < 1.29 is 4.18 Å². The van der Waals surface area contributed by atoms with Gasteiger partial charge in [-0.2, -0.15) is 0 Å². The number of rotatable bonds is 6. The van der Waals surface area contributed by atoms with Gasteiger partial charge < -0.3 is 9.92 Å². The van der Waals surface area contributed by atoms with Crippen molar-refractivity contribution in [1.29, 1.82) is 0 Å². The average Bonchev–Trinajstić information content (AvgIpc) is 3.12. The molecular formula is C23H23ClN6OS. The fraction of sp³-hybridized carbons (Fsp3) is 0.217. The standard InChI is InChI=1S/C23H23ClN6OS/c1-14-28-29-23-20(13-31-32-3)27-22(15-4-7-18(24)8-5-15)19-10-16(17(11-25)12-26-2)6-9-21(19)30(14)23/h4-12,20H,13,25H2,1-3H3/t20-/m0/s1. The number of aliphatic imine (C=N–C) groups is 2. The molecule has 1 atom stereocenters. The Morgan fingerprint density at radius 1 is 1.25 bits per heavy atom. The summed E-state index contributed by atoms with van der Waals surface area (Å²) in [4.78, 5) is 9.23. The van der Waals surface area contributed by atoms with E-state index < -0.39 is 0 Å². The smallest absolute Gasteiger partial charge is 0.164 e. The molecule has 0 spiro atoms. The van der Waals surface area contributed by atoms with Gasteiger partial charge in [-0.1, -0.05) is 29.8 Å². The van der Waals surface area contributed by atoms with Crippen molar-refractivity contribution in [3.63, 3.8) is 0 Å². The molecule has 164 valence electrons. The van der Waals surface area contributed by atoms with Crippen LogP contribution in [-0.2, 0) is 4.18 Å². The second kappa shape index (κ2) is 9.68. The van der Waals surface area contributed by atoms with Crippen LogP contribution >= 0.6 is 23.6 Å². The number of benzene rings is 2. The molecule has 7 nitrogen and oxygen atoms in total. The highest BCUT2D eigenvalue weighted by atomic mass is 35.5. The van der Waals surface area contributed by atoms with E-state index in [1.54, 1.807) is 19.5 Å². The second-order valence-electron chi connectivity index (χ2n) is 7.13. The van der Waals surface area contributed by atoms with Crippen LogP contribution in [0.2, 0.25) is 5.02 Å². The number of hydrogen-bond donors (Lipinski definition) is 1. The lowest BCUT2D eigenvalue weighted by Gasteiger charge is -2.15. The van der Waals surface area contributed by atoms with Crippen molar-refractivity contribution in [2.75, 3.05) is 19.9 Å². The Morgan fingerprint density at radius 3 is 2.72 bits per heavy atom. The van der Waals surface area contributed by atoms with Gasteiger partial charge in [0.1, 0.15) is 11.9 Å². The maximum Gasteiger partial charge on any atom is 0.164 e. The number of allylic oxidation sites excluding steroid dienone is 1. The van der Waals surface area contributed by atoms with Crippen molar-refractivity contribution >= 4 is 41.1 Å². The topological polar surface area (TPSA) is 90.7 Å². The third kappa shape index (κ3) is 4.21. The molecule has 32 heavy (non-hydrogen) atoms. The SMILES string of the molecule is CN=CC(=CN)c1ccc2c(c1)C(c1ccc(Cl)cc1)=N[C@@H](COSC)c1nnc(C)n1-2. The summed E-state index contributed by atoms with van der Waals surface area (Å²) in [5.41, 5.74) is 11.3. The van der Waals surface area contributed by atoms with Crippen LogP contribution < -0.4 is 5.73 Å². The monoisotopic (exact) mass is 466 g/mol. The third-order valence-corrected chi connectivity index (χ3v) is 5.79. The normalized spacial score (nSPS) is 15.9. The highest BCUT2D eigenvalue weighted by Gasteiger charge is 2.28. The predicted octanol–water partition coefficient (Wildman–Crippen LogP) is 4.42. The van der Waals surface area contributed by atoms with Gasteiger partial charge in [0.2, 0.25) is 0 Å². The number of hydrogen-bond acceptors (Lipinski definition) is 7. The molecule has 0 amide bonds. The van der Waals surface area contributed by atoms with Crippen molar-refractivity contribution in [2.45, 2.75) is 13.0 Å². The van der Waals surface area contributed by atoms with Crippen LogP contribution in [0.15, 0.2) is 58.6 Å². The summed E-state index contributed by atoms with van der Waals surface area (Å²) in [6.45, 7) is 2.30. The lowest BCUT2D eigenvalue weighted by molar-refractivity contribution is 0.334. The first-order valence-electron chi connectivity index (χ1n) is 9.97.